The number of aromatic nitrogens is 3. The number of nitrogens with zero attached hydrogens (tertiary/aromatic N) is 3. The van der Waals surface area contributed by atoms with Gasteiger partial charge in [0.1, 0.15) is 13.7 Å². The van der Waals surface area contributed by atoms with E-state index in [1.54, 1.807) is 35.2 Å². The van der Waals surface area contributed by atoms with Gasteiger partial charge in [-0.1, -0.05) is 30.3 Å². The smallest absolute Gasteiger partial charge is 0.256 e. The fraction of sp³-hybridized carbons (Fsp3) is 0. The van der Waals surface area contributed by atoms with Gasteiger partial charge in [-0.2, -0.15) is 5.10 Å². The maximum Gasteiger partial charge on any atom is 0.256 e. The molecule has 1 amide bonds. The van der Waals surface area contributed by atoms with Gasteiger partial charge in [0.25, 0.3) is 5.91 Å². The third kappa shape index (κ3) is 2.90. The van der Waals surface area contributed by atoms with Crippen molar-refractivity contribution in [3.8, 4) is 11.1 Å². The van der Waals surface area contributed by atoms with Crippen LogP contribution in [0.4, 0.5) is 5.82 Å². The van der Waals surface area contributed by atoms with E-state index >= 15 is 0 Å². The first-order chi connectivity index (χ1) is 12.2. The van der Waals surface area contributed by atoms with Crippen LogP contribution in [0.3, 0.4) is 0 Å². The van der Waals surface area contributed by atoms with Crippen LogP contribution in [0.5, 0.6) is 0 Å². The van der Waals surface area contributed by atoms with Crippen LogP contribution in [0.25, 0.3) is 16.6 Å². The Morgan fingerprint density at radius 1 is 1.00 bits per heavy atom. The number of hydrogen-bond donors (Lipinski definition) is 1. The minimum Gasteiger partial charge on any atom is -0.306 e. The number of amides is 1. The molecule has 5 nitrogen and oxygen atoms in total. The average molecular weight is 326 g/mol. The molecule has 0 bridgehead atoms. The molecule has 0 saturated heterocycles. The second-order valence-corrected chi connectivity index (χ2v) is 5.81. The summed E-state index contributed by atoms with van der Waals surface area (Å²) in [6, 6.07) is 17.5. The molecule has 0 aliphatic heterocycles. The van der Waals surface area contributed by atoms with Crippen LogP contribution in [0.15, 0.2) is 73.2 Å². The zero-order chi connectivity index (χ0) is 17.2. The van der Waals surface area contributed by atoms with Crippen molar-refractivity contribution >= 4 is 30.6 Å². The van der Waals surface area contributed by atoms with Gasteiger partial charge in [-0.3, -0.25) is 9.78 Å². The van der Waals surface area contributed by atoms with Gasteiger partial charge in [0, 0.05) is 24.2 Å². The highest BCUT2D eigenvalue weighted by molar-refractivity contribution is 6.36. The summed E-state index contributed by atoms with van der Waals surface area (Å²) in [5.41, 5.74) is 4.69. The summed E-state index contributed by atoms with van der Waals surface area (Å²) in [5.74, 6) is 0.438. The van der Waals surface area contributed by atoms with Gasteiger partial charge in [-0.05, 0) is 40.9 Å². The van der Waals surface area contributed by atoms with Gasteiger partial charge in [0.2, 0.25) is 0 Å². The molecule has 1 aromatic carbocycles. The molecule has 0 saturated carbocycles. The quantitative estimate of drug-likeness (QED) is 0.585. The van der Waals surface area contributed by atoms with Crippen LogP contribution in [0.1, 0.15) is 10.4 Å². The Morgan fingerprint density at radius 2 is 1.76 bits per heavy atom. The predicted octanol–water partition coefficient (Wildman–Crippen LogP) is 1.91. The van der Waals surface area contributed by atoms with Gasteiger partial charge in [-0.25, -0.2) is 4.52 Å². The minimum atomic E-state index is -0.193. The number of pyridine rings is 2. The maximum atomic E-state index is 12.5. The van der Waals surface area contributed by atoms with E-state index in [0.29, 0.717) is 11.4 Å². The van der Waals surface area contributed by atoms with Crippen LogP contribution in [0, 0.1) is 0 Å². The highest BCUT2D eigenvalue weighted by atomic mass is 16.1. The third-order valence-electron chi connectivity index (χ3n) is 4.10. The van der Waals surface area contributed by atoms with Crippen molar-refractivity contribution in [3.05, 3.63) is 78.8 Å². The molecule has 1 N–H and O–H groups in total. The van der Waals surface area contributed by atoms with Crippen molar-refractivity contribution in [3.63, 3.8) is 0 Å². The molecule has 4 rings (SSSR count). The largest absolute Gasteiger partial charge is 0.306 e. The fourth-order valence-electron chi connectivity index (χ4n) is 2.78. The lowest BCUT2D eigenvalue weighted by molar-refractivity contribution is 0.102. The molecule has 25 heavy (non-hydrogen) atoms. The topological polar surface area (TPSA) is 59.3 Å². The molecule has 3 heterocycles. The molecule has 120 valence electrons. The van der Waals surface area contributed by atoms with Gasteiger partial charge in [0.15, 0.2) is 0 Å². The first-order valence-corrected chi connectivity index (χ1v) is 7.97. The van der Waals surface area contributed by atoms with Gasteiger partial charge < -0.3 is 5.32 Å². The van der Waals surface area contributed by atoms with E-state index in [1.165, 1.54) is 0 Å². The Labute approximate surface area is 145 Å². The fourth-order valence-corrected chi connectivity index (χ4v) is 2.78. The number of rotatable bonds is 3. The van der Waals surface area contributed by atoms with E-state index in [1.807, 2.05) is 44.2 Å². The Bertz CT molecular complexity index is 1050. The number of hydrogen-bond acceptors (Lipinski definition) is 3. The number of fused-ring (bicyclic) bond motifs is 1. The van der Waals surface area contributed by atoms with E-state index in [0.717, 1.165) is 22.1 Å². The van der Waals surface area contributed by atoms with E-state index in [9.17, 15) is 4.79 Å². The summed E-state index contributed by atoms with van der Waals surface area (Å²) in [5, 5.41) is 7.35. The van der Waals surface area contributed by atoms with Crippen molar-refractivity contribution in [1.29, 1.82) is 0 Å². The highest BCUT2D eigenvalue weighted by Crippen LogP contribution is 2.24. The summed E-state index contributed by atoms with van der Waals surface area (Å²) in [4.78, 5) is 16.5. The third-order valence-corrected chi connectivity index (χ3v) is 4.10. The Kier molecular flexibility index (Phi) is 3.78. The van der Waals surface area contributed by atoms with Crippen LogP contribution in [-0.2, 0) is 0 Å². The summed E-state index contributed by atoms with van der Waals surface area (Å²) < 4.78 is 1.75. The molecular formula is C19H15BN4O. The number of carbonyl (C=O) groups is 1. The number of nitrogens with one attached hydrogen (secondary N) is 1. The van der Waals surface area contributed by atoms with Crippen molar-refractivity contribution in [2.24, 2.45) is 0 Å². The molecule has 0 unspecified atom stereocenters. The molecule has 6 heteroatoms. The lowest BCUT2D eigenvalue weighted by Gasteiger charge is -2.11. The van der Waals surface area contributed by atoms with Crippen LogP contribution < -0.4 is 10.8 Å². The normalized spacial score (nSPS) is 10.7. The Hall–Kier alpha value is -3.41. The lowest BCUT2D eigenvalue weighted by atomic mass is 9.96. The standard InChI is InChI=1S/C19H15BN4O/c20-16-12-22-24-17(16)10-15(13-4-2-1-3-5-13)11-18(24)23-19(25)14-6-8-21-9-7-14/h1-12H,20H2,(H,23,25). The van der Waals surface area contributed by atoms with Crippen molar-refractivity contribution in [1.82, 2.24) is 14.6 Å². The van der Waals surface area contributed by atoms with E-state index in [4.69, 9.17) is 0 Å². The lowest BCUT2D eigenvalue weighted by Crippen LogP contribution is -2.15. The molecular weight excluding hydrogens is 311 g/mol. The van der Waals surface area contributed by atoms with Crippen LogP contribution in [0.2, 0.25) is 0 Å². The zero-order valence-electron chi connectivity index (χ0n) is 13.7. The van der Waals surface area contributed by atoms with Crippen LogP contribution >= 0.6 is 0 Å². The molecule has 0 spiro atoms. The van der Waals surface area contributed by atoms with E-state index in [-0.39, 0.29) is 5.91 Å². The molecule has 3 aromatic heterocycles. The van der Waals surface area contributed by atoms with E-state index < -0.39 is 0 Å². The molecule has 0 fully saturated rings. The van der Waals surface area contributed by atoms with Gasteiger partial charge in [0.05, 0.1) is 5.52 Å². The van der Waals surface area contributed by atoms with Crippen molar-refractivity contribution in [2.75, 3.05) is 5.32 Å². The Morgan fingerprint density at radius 3 is 2.52 bits per heavy atom. The highest BCUT2D eigenvalue weighted by Gasteiger charge is 2.12. The van der Waals surface area contributed by atoms with E-state index in [2.05, 4.69) is 21.5 Å². The molecule has 4 aromatic rings. The maximum absolute atomic E-state index is 12.5. The number of carbonyl (C=O) groups excluding carboxylic acids is 1. The predicted molar refractivity (Wildman–Crippen MR) is 101 cm³/mol. The summed E-state index contributed by atoms with van der Waals surface area (Å²) >= 11 is 0. The van der Waals surface area contributed by atoms with Crippen molar-refractivity contribution < 1.29 is 4.79 Å². The second-order valence-electron chi connectivity index (χ2n) is 5.81. The number of benzene rings is 1. The first-order valence-electron chi connectivity index (χ1n) is 7.97. The summed E-state index contributed by atoms with van der Waals surface area (Å²) in [6.45, 7) is 0. The SMILES string of the molecule is Bc1cnn2c(NC(=O)c3ccncc3)cc(-c3ccccc3)cc12. The second kappa shape index (κ2) is 6.24. The summed E-state index contributed by atoms with van der Waals surface area (Å²) in [7, 11) is 2.01. The number of anilines is 1. The monoisotopic (exact) mass is 326 g/mol. The molecule has 0 atom stereocenters. The minimum absolute atomic E-state index is 0.193. The van der Waals surface area contributed by atoms with Gasteiger partial charge in [-0.15, -0.1) is 0 Å². The van der Waals surface area contributed by atoms with Gasteiger partial charge >= 0.3 is 0 Å². The molecule has 0 aliphatic rings. The zero-order valence-corrected chi connectivity index (χ0v) is 13.7. The summed E-state index contributed by atoms with van der Waals surface area (Å²) in [6.07, 6.45) is 5.00. The molecule has 0 radical (unpaired) electrons. The Balaban J connectivity index is 1.81. The van der Waals surface area contributed by atoms with Crippen molar-refractivity contribution in [2.45, 2.75) is 0 Å². The molecule has 0 aliphatic carbocycles. The first kappa shape index (κ1) is 15.1. The average Bonchev–Trinajstić information content (AvgIpc) is 3.04. The van der Waals surface area contributed by atoms with Crippen LogP contribution in [-0.4, -0.2) is 28.4 Å².